The first-order valence-electron chi connectivity index (χ1n) is 8.72. The van der Waals surface area contributed by atoms with Crippen LogP contribution in [0.2, 0.25) is 0 Å². The lowest BCUT2D eigenvalue weighted by Crippen LogP contribution is -2.11. The minimum Gasteiger partial charge on any atom is -0.465 e. The highest BCUT2D eigenvalue weighted by atomic mass is 16.5. The monoisotopic (exact) mass is 332 g/mol. The van der Waals surface area contributed by atoms with Gasteiger partial charge in [-0.3, -0.25) is 9.59 Å². The zero-order valence-electron chi connectivity index (χ0n) is 15.9. The minimum atomic E-state index is -0.181. The van der Waals surface area contributed by atoms with E-state index in [0.29, 0.717) is 50.7 Å². The summed E-state index contributed by atoms with van der Waals surface area (Å²) >= 11 is 0. The number of carbonyl (C=O) groups excluding carboxylic acids is 2. The molecule has 0 heterocycles. The van der Waals surface area contributed by atoms with Gasteiger partial charge >= 0.3 is 11.9 Å². The molecule has 0 aromatic carbocycles. The van der Waals surface area contributed by atoms with Crippen molar-refractivity contribution >= 4 is 11.9 Å². The lowest BCUT2D eigenvalue weighted by atomic mass is 10.2. The van der Waals surface area contributed by atoms with Crippen molar-refractivity contribution in [2.75, 3.05) is 26.4 Å². The Morgan fingerprint density at radius 2 is 1.09 bits per heavy atom. The highest BCUT2D eigenvalue weighted by Crippen LogP contribution is 2.05. The van der Waals surface area contributed by atoms with E-state index in [1.807, 2.05) is 41.5 Å². The van der Waals surface area contributed by atoms with Crippen LogP contribution in [-0.4, -0.2) is 38.4 Å². The van der Waals surface area contributed by atoms with Crippen LogP contribution in [0, 0.1) is 11.8 Å². The van der Waals surface area contributed by atoms with Crippen LogP contribution < -0.4 is 0 Å². The van der Waals surface area contributed by atoms with Gasteiger partial charge in [-0.15, -0.1) is 0 Å². The minimum absolute atomic E-state index is 0.181. The van der Waals surface area contributed by atoms with Crippen LogP contribution >= 0.6 is 0 Å². The predicted octanol–water partition coefficient (Wildman–Crippen LogP) is 3.99. The summed E-state index contributed by atoms with van der Waals surface area (Å²) in [7, 11) is 0. The number of esters is 2. The first kappa shape index (κ1) is 24.2. The van der Waals surface area contributed by atoms with Gasteiger partial charge in [-0.25, -0.2) is 0 Å². The molecule has 23 heavy (non-hydrogen) atoms. The van der Waals surface area contributed by atoms with Crippen molar-refractivity contribution in [2.24, 2.45) is 11.8 Å². The van der Waals surface area contributed by atoms with E-state index in [1.54, 1.807) is 0 Å². The molecule has 138 valence electrons. The second-order valence-electron chi connectivity index (χ2n) is 6.14. The molecule has 0 amide bonds. The number of ether oxygens (including phenoxy) is 3. The van der Waals surface area contributed by atoms with Crippen molar-refractivity contribution < 1.29 is 23.8 Å². The fourth-order valence-electron chi connectivity index (χ4n) is 1.41. The molecule has 0 saturated heterocycles. The summed E-state index contributed by atoms with van der Waals surface area (Å²) in [5.41, 5.74) is 0. The van der Waals surface area contributed by atoms with E-state index in [1.165, 1.54) is 0 Å². The average molecular weight is 332 g/mol. The number of hydrogen-bond donors (Lipinski definition) is 0. The summed E-state index contributed by atoms with van der Waals surface area (Å²) in [5.74, 6) is 0.360. The number of hydrogen-bond acceptors (Lipinski definition) is 5. The van der Waals surface area contributed by atoms with Gasteiger partial charge in [0, 0.05) is 26.1 Å². The van der Waals surface area contributed by atoms with E-state index >= 15 is 0 Å². The van der Waals surface area contributed by atoms with Gasteiger partial charge < -0.3 is 14.2 Å². The summed E-state index contributed by atoms with van der Waals surface area (Å²) in [5, 5.41) is 0. The first-order valence-corrected chi connectivity index (χ1v) is 8.72. The molecular formula is C18H36O5. The second kappa shape index (κ2) is 17.3. The van der Waals surface area contributed by atoms with Crippen molar-refractivity contribution in [2.45, 2.75) is 67.2 Å². The van der Waals surface area contributed by atoms with Gasteiger partial charge in [0.05, 0.1) is 13.2 Å². The number of carbonyl (C=O) groups is 2. The van der Waals surface area contributed by atoms with Crippen molar-refractivity contribution in [3.05, 3.63) is 0 Å². The highest BCUT2D eigenvalue weighted by Gasteiger charge is 2.07. The van der Waals surface area contributed by atoms with Gasteiger partial charge in [-0.2, -0.15) is 0 Å². The molecule has 0 unspecified atom stereocenters. The Morgan fingerprint density at radius 1 is 0.739 bits per heavy atom. The third-order valence-corrected chi connectivity index (χ3v) is 2.58. The second-order valence-corrected chi connectivity index (χ2v) is 6.14. The van der Waals surface area contributed by atoms with E-state index < -0.39 is 0 Å². The SMILES string of the molecule is CC(C)COC(=O)CCCCC(=O)OCC(C)C.CCOCC. The van der Waals surface area contributed by atoms with Gasteiger partial charge in [0.15, 0.2) is 0 Å². The van der Waals surface area contributed by atoms with Gasteiger partial charge in [-0.1, -0.05) is 27.7 Å². The van der Waals surface area contributed by atoms with Gasteiger partial charge in [0.1, 0.15) is 0 Å². The highest BCUT2D eigenvalue weighted by molar-refractivity contribution is 5.70. The van der Waals surface area contributed by atoms with Gasteiger partial charge in [0.25, 0.3) is 0 Å². The van der Waals surface area contributed by atoms with E-state index in [2.05, 4.69) is 0 Å². The standard InChI is InChI=1S/C14H26O4.C4H10O/c1-11(2)9-17-13(15)7-5-6-8-14(16)18-10-12(3)4;1-3-5-4-2/h11-12H,5-10H2,1-4H3;3-4H2,1-2H3. The topological polar surface area (TPSA) is 61.8 Å². The maximum absolute atomic E-state index is 11.3. The van der Waals surface area contributed by atoms with Crippen molar-refractivity contribution in [3.63, 3.8) is 0 Å². The molecule has 5 heteroatoms. The predicted molar refractivity (Wildman–Crippen MR) is 92.2 cm³/mol. The fourth-order valence-corrected chi connectivity index (χ4v) is 1.41. The molecule has 0 aliphatic carbocycles. The molecule has 0 spiro atoms. The number of unbranched alkanes of at least 4 members (excludes halogenated alkanes) is 1. The third kappa shape index (κ3) is 23.3. The normalized spacial score (nSPS) is 10.3. The molecule has 0 aliphatic rings. The Hall–Kier alpha value is -1.10. The largest absolute Gasteiger partial charge is 0.465 e. The Bertz CT molecular complexity index is 259. The summed E-state index contributed by atoms with van der Waals surface area (Å²) in [6, 6.07) is 0. The average Bonchev–Trinajstić information content (AvgIpc) is 2.49. The molecule has 0 fully saturated rings. The maximum atomic E-state index is 11.3. The molecule has 0 N–H and O–H groups in total. The summed E-state index contributed by atoms with van der Waals surface area (Å²) in [6.07, 6.45) is 2.11. The summed E-state index contributed by atoms with van der Waals surface area (Å²) in [4.78, 5) is 22.5. The lowest BCUT2D eigenvalue weighted by Gasteiger charge is -2.08. The first-order chi connectivity index (χ1) is 10.8. The molecule has 0 aliphatic heterocycles. The molecule has 0 aromatic rings. The zero-order chi connectivity index (χ0) is 18.1. The van der Waals surface area contributed by atoms with E-state index in [0.717, 1.165) is 13.2 Å². The Labute approximate surface area is 142 Å². The zero-order valence-corrected chi connectivity index (χ0v) is 15.9. The molecule has 0 radical (unpaired) electrons. The van der Waals surface area contributed by atoms with Gasteiger partial charge in [-0.05, 0) is 38.5 Å². The Morgan fingerprint density at radius 3 is 1.30 bits per heavy atom. The molecule has 0 atom stereocenters. The third-order valence-electron chi connectivity index (χ3n) is 2.58. The van der Waals surface area contributed by atoms with E-state index in [-0.39, 0.29) is 11.9 Å². The van der Waals surface area contributed by atoms with Crippen LogP contribution in [0.4, 0.5) is 0 Å². The van der Waals surface area contributed by atoms with Crippen LogP contribution in [-0.2, 0) is 23.8 Å². The molecule has 0 saturated carbocycles. The van der Waals surface area contributed by atoms with Crippen LogP contribution in [0.1, 0.15) is 67.2 Å². The van der Waals surface area contributed by atoms with Crippen LogP contribution in [0.25, 0.3) is 0 Å². The summed E-state index contributed by atoms with van der Waals surface area (Å²) < 4.78 is 14.9. The lowest BCUT2D eigenvalue weighted by molar-refractivity contribution is -0.147. The van der Waals surface area contributed by atoms with Crippen LogP contribution in [0.15, 0.2) is 0 Å². The van der Waals surface area contributed by atoms with Crippen molar-refractivity contribution in [3.8, 4) is 0 Å². The molecule has 0 bridgehead atoms. The van der Waals surface area contributed by atoms with E-state index in [4.69, 9.17) is 14.2 Å². The van der Waals surface area contributed by atoms with Crippen molar-refractivity contribution in [1.82, 2.24) is 0 Å². The fraction of sp³-hybridized carbons (Fsp3) is 0.889. The summed E-state index contributed by atoms with van der Waals surface area (Å²) in [6.45, 7) is 14.6. The quantitative estimate of drug-likeness (QED) is 0.423. The molecule has 0 aromatic heterocycles. The van der Waals surface area contributed by atoms with E-state index in [9.17, 15) is 9.59 Å². The van der Waals surface area contributed by atoms with Gasteiger partial charge in [0.2, 0.25) is 0 Å². The van der Waals surface area contributed by atoms with Crippen LogP contribution in [0.3, 0.4) is 0 Å². The molecular weight excluding hydrogens is 296 g/mol. The Kier molecular flexibility index (Phi) is 18.1. The Balaban J connectivity index is 0. The smallest absolute Gasteiger partial charge is 0.305 e. The van der Waals surface area contributed by atoms with Crippen LogP contribution in [0.5, 0.6) is 0 Å². The number of rotatable bonds is 11. The molecule has 5 nitrogen and oxygen atoms in total. The van der Waals surface area contributed by atoms with Crippen molar-refractivity contribution in [1.29, 1.82) is 0 Å². The maximum Gasteiger partial charge on any atom is 0.305 e. The molecule has 0 rings (SSSR count).